The van der Waals surface area contributed by atoms with E-state index >= 15 is 0 Å². The second-order valence-electron chi connectivity index (χ2n) is 7.14. The molecular weight excluding hydrogens is 395 g/mol. The molecule has 1 aliphatic rings. The molecule has 0 radical (unpaired) electrons. The van der Waals surface area contributed by atoms with Gasteiger partial charge in [-0.15, -0.1) is 0 Å². The number of halogens is 3. The molecule has 1 unspecified atom stereocenters. The molecule has 2 aromatic rings. The van der Waals surface area contributed by atoms with Crippen LogP contribution in [0.5, 0.6) is 5.75 Å². The minimum absolute atomic E-state index is 0.0260. The summed E-state index contributed by atoms with van der Waals surface area (Å²) in [6, 6.07) is 12.6. The number of benzene rings is 2. The standard InChI is InChI=1S/C22H26F3N3O2/c1-2-30-17-10-11-19(18(14-17)22(23,24)25)27-21(29)26-15-20(28-12-6-7-13-28)16-8-4-3-5-9-16/h3-5,8-11,14,20H,2,6-7,12-13,15H2,1H3,(H2,26,27,29). The molecule has 2 N–H and O–H groups in total. The smallest absolute Gasteiger partial charge is 0.418 e. The van der Waals surface area contributed by atoms with Crippen molar-refractivity contribution in [1.29, 1.82) is 0 Å². The van der Waals surface area contributed by atoms with Crippen LogP contribution in [0.1, 0.15) is 36.9 Å². The highest BCUT2D eigenvalue weighted by Crippen LogP contribution is 2.37. The van der Waals surface area contributed by atoms with Gasteiger partial charge in [-0.05, 0) is 56.6 Å². The van der Waals surface area contributed by atoms with Gasteiger partial charge in [0.05, 0.1) is 23.9 Å². The second-order valence-corrected chi connectivity index (χ2v) is 7.14. The maximum absolute atomic E-state index is 13.4. The lowest BCUT2D eigenvalue weighted by Crippen LogP contribution is -2.38. The Morgan fingerprint density at radius 1 is 1.13 bits per heavy atom. The Balaban J connectivity index is 1.70. The number of nitrogens with one attached hydrogen (secondary N) is 2. The molecule has 1 aliphatic heterocycles. The highest BCUT2D eigenvalue weighted by molar-refractivity contribution is 5.90. The normalized spacial score (nSPS) is 15.6. The zero-order valence-electron chi connectivity index (χ0n) is 16.8. The maximum Gasteiger partial charge on any atom is 0.418 e. The molecule has 3 rings (SSSR count). The van der Waals surface area contributed by atoms with Crippen molar-refractivity contribution in [3.05, 3.63) is 59.7 Å². The van der Waals surface area contributed by atoms with E-state index in [1.807, 2.05) is 30.3 Å². The van der Waals surface area contributed by atoms with Gasteiger partial charge >= 0.3 is 12.2 Å². The van der Waals surface area contributed by atoms with E-state index in [-0.39, 0.29) is 24.1 Å². The van der Waals surface area contributed by atoms with Crippen molar-refractivity contribution in [1.82, 2.24) is 10.2 Å². The molecule has 0 spiro atoms. The fourth-order valence-electron chi connectivity index (χ4n) is 3.67. The predicted octanol–water partition coefficient (Wildman–Crippen LogP) is 5.06. The van der Waals surface area contributed by atoms with Crippen LogP contribution in [0.4, 0.5) is 23.7 Å². The summed E-state index contributed by atoms with van der Waals surface area (Å²) in [6.07, 6.45) is -2.43. The number of carbonyl (C=O) groups is 1. The third kappa shape index (κ3) is 5.66. The lowest BCUT2D eigenvalue weighted by atomic mass is 10.1. The molecule has 162 valence electrons. The molecule has 1 atom stereocenters. The molecule has 1 heterocycles. The van der Waals surface area contributed by atoms with E-state index in [1.54, 1.807) is 6.92 Å². The number of nitrogens with zero attached hydrogens (tertiary/aromatic N) is 1. The molecule has 8 heteroatoms. The number of hydrogen-bond donors (Lipinski definition) is 2. The Kier molecular flexibility index (Phi) is 7.20. The summed E-state index contributed by atoms with van der Waals surface area (Å²) in [4.78, 5) is 14.7. The topological polar surface area (TPSA) is 53.6 Å². The number of carbonyl (C=O) groups excluding carboxylic acids is 1. The lowest BCUT2D eigenvalue weighted by molar-refractivity contribution is -0.137. The van der Waals surface area contributed by atoms with E-state index in [9.17, 15) is 18.0 Å². The molecule has 1 saturated heterocycles. The Labute approximate surface area is 174 Å². The second kappa shape index (κ2) is 9.84. The van der Waals surface area contributed by atoms with Gasteiger partial charge in [0.15, 0.2) is 0 Å². The summed E-state index contributed by atoms with van der Waals surface area (Å²) in [7, 11) is 0. The van der Waals surface area contributed by atoms with E-state index in [0.717, 1.165) is 37.6 Å². The molecule has 0 aromatic heterocycles. The van der Waals surface area contributed by atoms with E-state index in [0.29, 0.717) is 6.54 Å². The maximum atomic E-state index is 13.4. The third-order valence-corrected chi connectivity index (χ3v) is 5.08. The fraction of sp³-hybridized carbons (Fsp3) is 0.409. The largest absolute Gasteiger partial charge is 0.494 e. The fourth-order valence-corrected chi connectivity index (χ4v) is 3.67. The van der Waals surface area contributed by atoms with Crippen LogP contribution < -0.4 is 15.4 Å². The average molecular weight is 421 g/mol. The van der Waals surface area contributed by atoms with Gasteiger partial charge in [0.1, 0.15) is 5.75 Å². The van der Waals surface area contributed by atoms with Crippen molar-refractivity contribution in [2.45, 2.75) is 32.0 Å². The van der Waals surface area contributed by atoms with Crippen LogP contribution in [-0.4, -0.2) is 37.2 Å². The Morgan fingerprint density at radius 3 is 2.47 bits per heavy atom. The van der Waals surface area contributed by atoms with Gasteiger partial charge in [-0.1, -0.05) is 30.3 Å². The summed E-state index contributed by atoms with van der Waals surface area (Å²) >= 11 is 0. The molecule has 1 fully saturated rings. The Bertz CT molecular complexity index is 837. The van der Waals surface area contributed by atoms with Gasteiger partial charge in [-0.25, -0.2) is 4.79 Å². The molecule has 30 heavy (non-hydrogen) atoms. The van der Waals surface area contributed by atoms with E-state index in [4.69, 9.17) is 4.74 Å². The van der Waals surface area contributed by atoms with Crippen LogP contribution >= 0.6 is 0 Å². The highest BCUT2D eigenvalue weighted by Gasteiger charge is 2.34. The SMILES string of the molecule is CCOc1ccc(NC(=O)NCC(c2ccccc2)N2CCCC2)c(C(F)(F)F)c1. The first kappa shape index (κ1) is 22.0. The van der Waals surface area contributed by atoms with Crippen LogP contribution in [0.2, 0.25) is 0 Å². The minimum atomic E-state index is -4.61. The van der Waals surface area contributed by atoms with Crippen molar-refractivity contribution >= 4 is 11.7 Å². The number of rotatable bonds is 7. The number of hydrogen-bond acceptors (Lipinski definition) is 3. The zero-order valence-corrected chi connectivity index (χ0v) is 16.8. The van der Waals surface area contributed by atoms with Gasteiger partial charge in [0.2, 0.25) is 0 Å². The first-order valence-corrected chi connectivity index (χ1v) is 10.1. The first-order valence-electron chi connectivity index (χ1n) is 10.1. The molecule has 0 saturated carbocycles. The predicted molar refractivity (Wildman–Crippen MR) is 110 cm³/mol. The average Bonchev–Trinajstić information content (AvgIpc) is 3.24. The third-order valence-electron chi connectivity index (χ3n) is 5.08. The monoisotopic (exact) mass is 421 g/mol. The molecule has 0 bridgehead atoms. The number of anilines is 1. The van der Waals surface area contributed by atoms with Crippen molar-refractivity contribution < 1.29 is 22.7 Å². The number of ether oxygens (including phenoxy) is 1. The number of amides is 2. The van der Waals surface area contributed by atoms with Gasteiger partial charge < -0.3 is 15.4 Å². The first-order chi connectivity index (χ1) is 14.4. The number of urea groups is 1. The Morgan fingerprint density at radius 2 is 1.83 bits per heavy atom. The van der Waals surface area contributed by atoms with Crippen molar-refractivity contribution in [2.75, 3.05) is 31.6 Å². The minimum Gasteiger partial charge on any atom is -0.494 e. The number of alkyl halides is 3. The summed E-state index contributed by atoms with van der Waals surface area (Å²) in [6.45, 7) is 4.10. The van der Waals surface area contributed by atoms with Crippen LogP contribution in [0, 0.1) is 0 Å². The van der Waals surface area contributed by atoms with Gasteiger partial charge in [-0.3, -0.25) is 4.90 Å². The van der Waals surface area contributed by atoms with Crippen LogP contribution in [0.15, 0.2) is 48.5 Å². The summed E-state index contributed by atoms with van der Waals surface area (Å²) in [5.74, 6) is 0.106. The Hall–Kier alpha value is -2.74. The van der Waals surface area contributed by atoms with Crippen molar-refractivity contribution in [3.63, 3.8) is 0 Å². The number of likely N-dealkylation sites (tertiary alicyclic amines) is 1. The van der Waals surface area contributed by atoms with E-state index in [2.05, 4.69) is 15.5 Å². The summed E-state index contributed by atoms with van der Waals surface area (Å²) in [5, 5.41) is 5.07. The summed E-state index contributed by atoms with van der Waals surface area (Å²) < 4.78 is 45.4. The molecule has 2 amide bonds. The van der Waals surface area contributed by atoms with Crippen molar-refractivity contribution in [3.8, 4) is 5.75 Å². The molecule has 2 aromatic carbocycles. The quantitative estimate of drug-likeness (QED) is 0.657. The van der Waals surface area contributed by atoms with Gasteiger partial charge in [-0.2, -0.15) is 13.2 Å². The van der Waals surface area contributed by atoms with E-state index in [1.165, 1.54) is 12.1 Å². The zero-order chi connectivity index (χ0) is 21.6. The summed E-state index contributed by atoms with van der Waals surface area (Å²) in [5.41, 5.74) is -0.180. The highest BCUT2D eigenvalue weighted by atomic mass is 19.4. The molecule has 5 nitrogen and oxygen atoms in total. The van der Waals surface area contributed by atoms with Gasteiger partial charge in [0.25, 0.3) is 0 Å². The van der Waals surface area contributed by atoms with Crippen LogP contribution in [0.3, 0.4) is 0 Å². The van der Waals surface area contributed by atoms with E-state index < -0.39 is 17.8 Å². The molecular formula is C22H26F3N3O2. The van der Waals surface area contributed by atoms with Crippen molar-refractivity contribution in [2.24, 2.45) is 0 Å². The van der Waals surface area contributed by atoms with Gasteiger partial charge in [0, 0.05) is 6.54 Å². The molecule has 0 aliphatic carbocycles. The van der Waals surface area contributed by atoms with Crippen LogP contribution in [-0.2, 0) is 6.18 Å². The van der Waals surface area contributed by atoms with Crippen LogP contribution in [0.25, 0.3) is 0 Å². The lowest BCUT2D eigenvalue weighted by Gasteiger charge is -2.28.